The quantitative estimate of drug-likeness (QED) is 0.547. The molecule has 0 fully saturated rings. The van der Waals surface area contributed by atoms with Gasteiger partial charge < -0.3 is 5.11 Å². The third-order valence-corrected chi connectivity index (χ3v) is 6.74. The van der Waals surface area contributed by atoms with E-state index < -0.39 is 5.60 Å². The standard InChI is InChI=1S/C26H32N2O/c1-18-23(20-11-9-8-10-12-20)28-21-14-13-19(17-22(21)27-18)15-16-24(2,3)25(4,5)26(6,7)29/h8-17,29H,1-7H3/b16-15+. The Hall–Kier alpha value is -2.52. The van der Waals surface area contributed by atoms with Crippen LogP contribution in [-0.2, 0) is 0 Å². The van der Waals surface area contributed by atoms with Gasteiger partial charge in [-0.3, -0.25) is 0 Å². The van der Waals surface area contributed by atoms with Gasteiger partial charge in [0.15, 0.2) is 0 Å². The summed E-state index contributed by atoms with van der Waals surface area (Å²) in [5.74, 6) is 0. The van der Waals surface area contributed by atoms with Gasteiger partial charge in [-0.15, -0.1) is 0 Å². The zero-order valence-electron chi connectivity index (χ0n) is 18.6. The molecule has 0 atom stereocenters. The van der Waals surface area contributed by atoms with Gasteiger partial charge in [-0.2, -0.15) is 0 Å². The minimum atomic E-state index is -0.791. The molecule has 1 aromatic heterocycles. The Bertz CT molecular complexity index is 1040. The molecule has 0 unspecified atom stereocenters. The summed E-state index contributed by atoms with van der Waals surface area (Å²) in [5.41, 5.74) is 4.51. The molecule has 3 aromatic rings. The maximum Gasteiger partial charge on any atom is 0.0922 e. The smallest absolute Gasteiger partial charge is 0.0922 e. The fourth-order valence-corrected chi connectivity index (χ4v) is 3.43. The fourth-order valence-electron chi connectivity index (χ4n) is 3.43. The summed E-state index contributed by atoms with van der Waals surface area (Å²) in [6.07, 6.45) is 4.31. The van der Waals surface area contributed by atoms with Gasteiger partial charge >= 0.3 is 0 Å². The molecule has 3 heteroatoms. The number of benzene rings is 2. The molecule has 152 valence electrons. The van der Waals surface area contributed by atoms with Crippen LogP contribution in [0.2, 0.25) is 0 Å². The van der Waals surface area contributed by atoms with Crippen LogP contribution >= 0.6 is 0 Å². The highest BCUT2D eigenvalue weighted by atomic mass is 16.3. The van der Waals surface area contributed by atoms with Crippen LogP contribution in [0.4, 0.5) is 0 Å². The van der Waals surface area contributed by atoms with E-state index in [4.69, 9.17) is 9.97 Å². The van der Waals surface area contributed by atoms with Crippen molar-refractivity contribution >= 4 is 17.1 Å². The lowest BCUT2D eigenvalue weighted by atomic mass is 9.60. The molecule has 0 amide bonds. The number of aryl methyl sites for hydroxylation is 1. The molecule has 1 heterocycles. The van der Waals surface area contributed by atoms with E-state index in [1.807, 2.05) is 45.0 Å². The molecule has 1 N–H and O–H groups in total. The largest absolute Gasteiger partial charge is 0.390 e. The van der Waals surface area contributed by atoms with Crippen LogP contribution in [0.5, 0.6) is 0 Å². The van der Waals surface area contributed by atoms with E-state index in [9.17, 15) is 5.11 Å². The molecule has 29 heavy (non-hydrogen) atoms. The molecule has 0 saturated carbocycles. The summed E-state index contributed by atoms with van der Waals surface area (Å²) in [7, 11) is 0. The maximum absolute atomic E-state index is 10.6. The third-order valence-electron chi connectivity index (χ3n) is 6.74. The first kappa shape index (κ1) is 21.2. The van der Waals surface area contributed by atoms with Crippen LogP contribution in [0.3, 0.4) is 0 Å². The van der Waals surface area contributed by atoms with Crippen molar-refractivity contribution in [3.63, 3.8) is 0 Å². The monoisotopic (exact) mass is 388 g/mol. The second-order valence-electron chi connectivity index (χ2n) is 9.51. The number of hydrogen-bond acceptors (Lipinski definition) is 3. The predicted molar refractivity (Wildman–Crippen MR) is 123 cm³/mol. The number of aromatic nitrogens is 2. The van der Waals surface area contributed by atoms with E-state index in [0.717, 1.165) is 33.5 Å². The summed E-state index contributed by atoms with van der Waals surface area (Å²) in [6, 6.07) is 16.4. The highest BCUT2D eigenvalue weighted by Gasteiger charge is 2.45. The zero-order chi connectivity index (χ0) is 21.4. The Balaban J connectivity index is 1.95. The molecule has 0 saturated heterocycles. The van der Waals surface area contributed by atoms with Crippen molar-refractivity contribution in [2.24, 2.45) is 10.8 Å². The Morgan fingerprint density at radius 1 is 0.828 bits per heavy atom. The molecule has 0 aliphatic rings. The van der Waals surface area contributed by atoms with E-state index in [0.29, 0.717) is 0 Å². The molecule has 0 bridgehead atoms. The van der Waals surface area contributed by atoms with E-state index >= 15 is 0 Å². The van der Waals surface area contributed by atoms with E-state index in [2.05, 4.69) is 64.1 Å². The Morgan fingerprint density at radius 3 is 2.10 bits per heavy atom. The summed E-state index contributed by atoms with van der Waals surface area (Å²) >= 11 is 0. The number of nitrogens with zero attached hydrogens (tertiary/aromatic N) is 2. The summed E-state index contributed by atoms with van der Waals surface area (Å²) in [5, 5.41) is 10.6. The van der Waals surface area contributed by atoms with Crippen LogP contribution in [0.1, 0.15) is 52.8 Å². The van der Waals surface area contributed by atoms with Crippen molar-refractivity contribution in [3.8, 4) is 11.3 Å². The number of rotatable bonds is 5. The minimum absolute atomic E-state index is 0.195. The van der Waals surface area contributed by atoms with Gasteiger partial charge in [0.25, 0.3) is 0 Å². The molecule has 3 rings (SSSR count). The van der Waals surface area contributed by atoms with Gasteiger partial charge in [-0.05, 0) is 43.9 Å². The SMILES string of the molecule is Cc1nc2cc(/C=C/C(C)(C)C(C)(C)C(C)(C)O)ccc2nc1-c1ccccc1. The lowest BCUT2D eigenvalue weighted by molar-refractivity contribution is -0.0839. The number of allylic oxidation sites excluding steroid dienone is 1. The van der Waals surface area contributed by atoms with Crippen LogP contribution in [-0.4, -0.2) is 20.7 Å². The highest BCUT2D eigenvalue weighted by molar-refractivity contribution is 5.80. The Kier molecular flexibility index (Phi) is 5.40. The molecule has 0 aliphatic heterocycles. The molecule has 3 nitrogen and oxygen atoms in total. The Labute approximate surface area is 174 Å². The lowest BCUT2D eigenvalue weighted by Crippen LogP contribution is -2.48. The van der Waals surface area contributed by atoms with Crippen LogP contribution < -0.4 is 0 Å². The molecular formula is C26H32N2O. The summed E-state index contributed by atoms with van der Waals surface area (Å²) in [6.45, 7) is 14.3. The Morgan fingerprint density at radius 2 is 1.48 bits per heavy atom. The van der Waals surface area contributed by atoms with Gasteiger partial charge in [0.05, 0.1) is 28.0 Å². The van der Waals surface area contributed by atoms with E-state index in [1.165, 1.54) is 0 Å². The van der Waals surface area contributed by atoms with Crippen molar-refractivity contribution in [1.29, 1.82) is 0 Å². The normalized spacial score (nSPS) is 13.4. The van der Waals surface area contributed by atoms with Crippen LogP contribution in [0, 0.1) is 17.8 Å². The van der Waals surface area contributed by atoms with Crippen molar-refractivity contribution in [3.05, 3.63) is 65.9 Å². The van der Waals surface area contributed by atoms with Gasteiger partial charge in [0, 0.05) is 11.0 Å². The highest BCUT2D eigenvalue weighted by Crippen LogP contribution is 2.47. The molecule has 0 spiro atoms. The van der Waals surface area contributed by atoms with Crippen molar-refractivity contribution in [2.45, 2.75) is 54.1 Å². The molecule has 0 aliphatic carbocycles. The second kappa shape index (κ2) is 7.38. The van der Waals surface area contributed by atoms with Crippen molar-refractivity contribution in [1.82, 2.24) is 9.97 Å². The molecule has 2 aromatic carbocycles. The van der Waals surface area contributed by atoms with Gasteiger partial charge in [0.2, 0.25) is 0 Å². The zero-order valence-corrected chi connectivity index (χ0v) is 18.6. The first-order valence-corrected chi connectivity index (χ1v) is 10.2. The van der Waals surface area contributed by atoms with Crippen LogP contribution in [0.25, 0.3) is 28.4 Å². The average molecular weight is 389 g/mol. The summed E-state index contributed by atoms with van der Waals surface area (Å²) in [4.78, 5) is 9.66. The third kappa shape index (κ3) is 4.11. The maximum atomic E-state index is 10.6. The fraction of sp³-hybridized carbons (Fsp3) is 0.385. The number of aliphatic hydroxyl groups is 1. The average Bonchev–Trinajstić information content (AvgIpc) is 2.65. The predicted octanol–water partition coefficient (Wildman–Crippen LogP) is 6.44. The number of fused-ring (bicyclic) bond motifs is 1. The summed E-state index contributed by atoms with van der Waals surface area (Å²) < 4.78 is 0. The van der Waals surface area contributed by atoms with Gasteiger partial charge in [-0.1, -0.05) is 76.2 Å². The van der Waals surface area contributed by atoms with Crippen molar-refractivity contribution < 1.29 is 5.11 Å². The molecular weight excluding hydrogens is 356 g/mol. The first-order valence-electron chi connectivity index (χ1n) is 10.2. The topological polar surface area (TPSA) is 46.0 Å². The molecule has 0 radical (unpaired) electrons. The van der Waals surface area contributed by atoms with Crippen molar-refractivity contribution in [2.75, 3.05) is 0 Å². The number of hydrogen-bond donors (Lipinski definition) is 1. The second-order valence-corrected chi connectivity index (χ2v) is 9.51. The van der Waals surface area contributed by atoms with Crippen LogP contribution in [0.15, 0.2) is 54.6 Å². The van der Waals surface area contributed by atoms with Gasteiger partial charge in [0.1, 0.15) is 0 Å². The van der Waals surface area contributed by atoms with E-state index in [-0.39, 0.29) is 10.8 Å². The lowest BCUT2D eigenvalue weighted by Gasteiger charge is -2.48. The minimum Gasteiger partial charge on any atom is -0.390 e. The first-order chi connectivity index (χ1) is 13.4. The van der Waals surface area contributed by atoms with E-state index in [1.54, 1.807) is 0 Å². The van der Waals surface area contributed by atoms with Gasteiger partial charge in [-0.25, -0.2) is 9.97 Å².